The van der Waals surface area contributed by atoms with Gasteiger partial charge in [-0.3, -0.25) is 4.79 Å². The topological polar surface area (TPSA) is 88.5 Å². The van der Waals surface area contributed by atoms with Crippen LogP contribution >= 0.6 is 0 Å². The zero-order valence-corrected chi connectivity index (χ0v) is 23.5. The lowest BCUT2D eigenvalue weighted by molar-refractivity contribution is -0.116. The Morgan fingerprint density at radius 3 is 2.37 bits per heavy atom. The van der Waals surface area contributed by atoms with E-state index in [9.17, 15) is 9.59 Å². The molecule has 0 fully saturated rings. The minimum Gasteiger partial charge on any atom is -0.497 e. The molecule has 2 aromatic carbocycles. The molecule has 3 rings (SSSR count). The van der Waals surface area contributed by atoms with Gasteiger partial charge in [-0.25, -0.2) is 9.48 Å². The van der Waals surface area contributed by atoms with Crippen molar-refractivity contribution < 1.29 is 14.3 Å². The van der Waals surface area contributed by atoms with Crippen molar-refractivity contribution in [1.82, 2.24) is 14.7 Å². The van der Waals surface area contributed by atoms with Gasteiger partial charge in [0.1, 0.15) is 18.1 Å². The van der Waals surface area contributed by atoms with Crippen LogP contribution in [0.1, 0.15) is 65.1 Å². The summed E-state index contributed by atoms with van der Waals surface area (Å²) in [6.07, 6.45) is 3.71. The molecular weight excluding hydrogens is 478 g/mol. The molecule has 0 bridgehead atoms. The first kappa shape index (κ1) is 28.8. The molecule has 0 saturated heterocycles. The second kappa shape index (κ2) is 13.1. The van der Waals surface area contributed by atoms with Crippen LogP contribution in [-0.4, -0.2) is 46.8 Å². The number of hydrogen-bond donors (Lipinski definition) is 2. The Bertz CT molecular complexity index is 1210. The average Bonchev–Trinajstić information content (AvgIpc) is 3.32. The third-order valence-corrected chi connectivity index (χ3v) is 6.30. The number of nitrogens with one attached hydrogen (secondary N) is 2. The molecule has 8 nitrogen and oxygen atoms in total. The quantitative estimate of drug-likeness (QED) is 0.287. The van der Waals surface area contributed by atoms with Crippen LogP contribution in [0.5, 0.6) is 5.75 Å². The first-order chi connectivity index (χ1) is 18.1. The number of unbranched alkanes of at least 4 members (excludes halogenated alkanes) is 2. The van der Waals surface area contributed by atoms with E-state index in [0.29, 0.717) is 12.4 Å². The number of carbonyl (C=O) groups excluding carboxylic acids is 2. The molecule has 1 aromatic heterocycles. The molecule has 0 unspecified atom stereocenters. The van der Waals surface area contributed by atoms with Crippen LogP contribution in [0.25, 0.3) is 5.69 Å². The maximum Gasteiger partial charge on any atom is 0.322 e. The van der Waals surface area contributed by atoms with E-state index < -0.39 is 0 Å². The van der Waals surface area contributed by atoms with E-state index >= 15 is 0 Å². The fourth-order valence-corrected chi connectivity index (χ4v) is 3.99. The maximum absolute atomic E-state index is 13.3. The van der Waals surface area contributed by atoms with Gasteiger partial charge in [0.2, 0.25) is 5.91 Å². The third kappa shape index (κ3) is 7.84. The summed E-state index contributed by atoms with van der Waals surface area (Å²) >= 11 is 0. The van der Waals surface area contributed by atoms with Crippen LogP contribution in [0.15, 0.2) is 54.6 Å². The Balaban J connectivity index is 1.80. The zero-order valence-electron chi connectivity index (χ0n) is 23.5. The Labute approximate surface area is 226 Å². The molecule has 0 aliphatic heterocycles. The van der Waals surface area contributed by atoms with Gasteiger partial charge < -0.3 is 20.3 Å². The van der Waals surface area contributed by atoms with E-state index in [-0.39, 0.29) is 23.9 Å². The minimum absolute atomic E-state index is 0.0678. The SMILES string of the molecule is CCCCCN(CC(=O)Nc1cc(C(C)(C)C)nn1-c1ccc(OC)cc1)C(=O)Nc1cccc(CC)c1. The second-order valence-electron chi connectivity index (χ2n) is 10.4. The van der Waals surface area contributed by atoms with Crippen molar-refractivity contribution >= 4 is 23.4 Å². The molecule has 0 radical (unpaired) electrons. The van der Waals surface area contributed by atoms with Crippen molar-refractivity contribution in [2.24, 2.45) is 0 Å². The highest BCUT2D eigenvalue weighted by Gasteiger charge is 2.23. The van der Waals surface area contributed by atoms with Gasteiger partial charge in [0.05, 0.1) is 18.5 Å². The molecule has 2 N–H and O–H groups in total. The van der Waals surface area contributed by atoms with E-state index in [0.717, 1.165) is 54.1 Å². The molecule has 8 heteroatoms. The number of anilines is 2. The largest absolute Gasteiger partial charge is 0.497 e. The summed E-state index contributed by atoms with van der Waals surface area (Å²) in [5, 5.41) is 10.7. The molecule has 0 atom stereocenters. The number of aromatic nitrogens is 2. The average molecular weight is 520 g/mol. The van der Waals surface area contributed by atoms with E-state index in [4.69, 9.17) is 9.84 Å². The van der Waals surface area contributed by atoms with Crippen LogP contribution in [0, 0.1) is 0 Å². The molecular formula is C30H41N5O3. The summed E-state index contributed by atoms with van der Waals surface area (Å²) in [5.41, 5.74) is 3.29. The second-order valence-corrected chi connectivity index (χ2v) is 10.4. The van der Waals surface area contributed by atoms with Crippen LogP contribution in [0.3, 0.4) is 0 Å². The number of urea groups is 1. The lowest BCUT2D eigenvalue weighted by Crippen LogP contribution is -2.41. The number of amides is 3. The molecule has 3 amide bonds. The van der Waals surface area contributed by atoms with Gasteiger partial charge in [0.25, 0.3) is 0 Å². The van der Waals surface area contributed by atoms with Gasteiger partial charge in [0.15, 0.2) is 0 Å². The predicted molar refractivity (Wildman–Crippen MR) is 153 cm³/mol. The minimum atomic E-state index is -0.288. The molecule has 0 saturated carbocycles. The van der Waals surface area contributed by atoms with Crippen molar-refractivity contribution in [3.8, 4) is 11.4 Å². The van der Waals surface area contributed by atoms with Crippen molar-refractivity contribution in [2.45, 2.75) is 65.7 Å². The molecule has 38 heavy (non-hydrogen) atoms. The summed E-state index contributed by atoms with van der Waals surface area (Å²) in [4.78, 5) is 28.0. The van der Waals surface area contributed by atoms with E-state index in [1.807, 2.05) is 54.6 Å². The number of aryl methyl sites for hydroxylation is 1. The van der Waals surface area contributed by atoms with Gasteiger partial charge in [0, 0.05) is 23.7 Å². The van der Waals surface area contributed by atoms with Gasteiger partial charge >= 0.3 is 6.03 Å². The number of carbonyl (C=O) groups is 2. The number of ether oxygens (including phenoxy) is 1. The molecule has 3 aromatic rings. The predicted octanol–water partition coefficient (Wildman–Crippen LogP) is 6.40. The molecule has 0 aliphatic carbocycles. The third-order valence-electron chi connectivity index (χ3n) is 6.30. The van der Waals surface area contributed by atoms with E-state index in [2.05, 4.69) is 45.3 Å². The molecule has 204 valence electrons. The number of rotatable bonds is 11. The summed E-state index contributed by atoms with van der Waals surface area (Å²) in [6, 6.07) is 16.9. The van der Waals surface area contributed by atoms with Gasteiger partial charge in [-0.15, -0.1) is 0 Å². The zero-order chi connectivity index (χ0) is 27.7. The van der Waals surface area contributed by atoms with Crippen molar-refractivity contribution in [2.75, 3.05) is 30.8 Å². The number of methoxy groups -OCH3 is 1. The highest BCUT2D eigenvalue weighted by Crippen LogP contribution is 2.27. The fraction of sp³-hybridized carbons (Fsp3) is 0.433. The highest BCUT2D eigenvalue weighted by atomic mass is 16.5. The van der Waals surface area contributed by atoms with E-state index in [1.165, 1.54) is 0 Å². The van der Waals surface area contributed by atoms with Crippen molar-refractivity contribution in [1.29, 1.82) is 0 Å². The van der Waals surface area contributed by atoms with Crippen molar-refractivity contribution in [3.63, 3.8) is 0 Å². The highest BCUT2D eigenvalue weighted by molar-refractivity contribution is 5.96. The van der Waals surface area contributed by atoms with Gasteiger partial charge in [-0.2, -0.15) is 5.10 Å². The van der Waals surface area contributed by atoms with E-state index in [1.54, 1.807) is 16.7 Å². The fourth-order valence-electron chi connectivity index (χ4n) is 3.99. The summed E-state index contributed by atoms with van der Waals surface area (Å²) in [5.74, 6) is 1.00. The number of nitrogens with zero attached hydrogens (tertiary/aromatic N) is 3. The lowest BCUT2D eigenvalue weighted by atomic mass is 9.92. The standard InChI is InChI=1S/C30H41N5O3/c1-7-9-10-18-34(29(37)31-23-13-11-12-22(8-2)19-23)21-28(36)32-27-20-26(30(3,4)5)33-35(27)24-14-16-25(38-6)17-15-24/h11-17,19-20H,7-10,18,21H2,1-6H3,(H,31,37)(H,32,36). The lowest BCUT2D eigenvalue weighted by Gasteiger charge is -2.23. The monoisotopic (exact) mass is 519 g/mol. The van der Waals surface area contributed by atoms with Gasteiger partial charge in [-0.1, -0.05) is 59.6 Å². The Hall–Kier alpha value is -3.81. The number of benzene rings is 2. The Kier molecular flexibility index (Phi) is 9.93. The Morgan fingerprint density at radius 2 is 1.74 bits per heavy atom. The Morgan fingerprint density at radius 1 is 1.00 bits per heavy atom. The summed E-state index contributed by atoms with van der Waals surface area (Å²) in [6.45, 7) is 10.8. The summed E-state index contributed by atoms with van der Waals surface area (Å²) in [7, 11) is 1.62. The first-order valence-electron chi connectivity index (χ1n) is 13.3. The first-order valence-corrected chi connectivity index (χ1v) is 13.3. The van der Waals surface area contributed by atoms with Crippen LogP contribution in [-0.2, 0) is 16.6 Å². The van der Waals surface area contributed by atoms with Crippen LogP contribution < -0.4 is 15.4 Å². The van der Waals surface area contributed by atoms with Gasteiger partial charge in [-0.05, 0) is 54.8 Å². The summed E-state index contributed by atoms with van der Waals surface area (Å²) < 4.78 is 7.00. The number of hydrogen-bond acceptors (Lipinski definition) is 4. The molecule has 0 aliphatic rings. The molecule has 1 heterocycles. The van der Waals surface area contributed by atoms with Crippen LogP contribution in [0.2, 0.25) is 0 Å². The molecule has 0 spiro atoms. The maximum atomic E-state index is 13.3. The normalized spacial score (nSPS) is 11.2. The van der Waals surface area contributed by atoms with Crippen molar-refractivity contribution in [3.05, 3.63) is 65.9 Å². The smallest absolute Gasteiger partial charge is 0.322 e. The van der Waals surface area contributed by atoms with Crippen LogP contribution in [0.4, 0.5) is 16.3 Å².